The first-order valence-corrected chi connectivity index (χ1v) is 55.7. The van der Waals surface area contributed by atoms with Crippen molar-refractivity contribution in [3.05, 3.63) is 69.8 Å². The van der Waals surface area contributed by atoms with Crippen LogP contribution in [0, 0.1) is 0 Å². The number of aromatic carboxylic acids is 1. The first-order chi connectivity index (χ1) is 67.9. The number of fused-ring (bicyclic) bond motifs is 4. The number of Topliss-reactive ketones (excluding diaryl/α,β-unsaturated/α-hetero) is 4. The quantitative estimate of drug-likeness (QED) is 0.0166. The summed E-state index contributed by atoms with van der Waals surface area (Å²) in [6.45, 7) is 23.9. The minimum Gasteiger partial charge on any atom is -0.478 e. The predicted octanol–water partition coefficient (Wildman–Crippen LogP) is 13.6. The molecule has 2 aromatic rings. The topological polar surface area (TPSA) is 499 Å². The SMILES string of the molecule is CC(C)(C)OC(=O)NC1=NC2C(CSC2CCCCC(=O)NCCCCCC(=O)Cc2cc(CC(=O)CCCCCNC(=O)CCCCC3SCC4NC(NC(=O)OC(C)(C)C)=NC43)cc(C(=O)O)c2)N1.COC(=O)c1cc(CC(=O)CCCCCNC(=O)CCCCC2SCC3NC(NC(=O)OC(C)(C)C)=NC32)cc(CC(=O)CCCCCNC(=O)CCCCC2SCC3NC(NC(=O)OC(C)(C)C)=NC32)c1. The highest BCUT2D eigenvalue weighted by Crippen LogP contribution is 2.40. The summed E-state index contributed by atoms with van der Waals surface area (Å²) < 4.78 is 26.3. The van der Waals surface area contributed by atoms with Crippen LogP contribution in [0.2, 0.25) is 0 Å². The van der Waals surface area contributed by atoms with Crippen LogP contribution in [0.3, 0.4) is 0 Å². The zero-order valence-electron chi connectivity index (χ0n) is 86.1. The highest BCUT2D eigenvalue weighted by atomic mass is 32.2. The van der Waals surface area contributed by atoms with Crippen LogP contribution in [-0.2, 0) is 87.7 Å². The lowest BCUT2D eigenvalue weighted by Crippen LogP contribution is -2.44. The molecule has 0 spiro atoms. The molecule has 12 unspecified atom stereocenters. The maximum Gasteiger partial charge on any atom is 0.414 e. The lowest BCUT2D eigenvalue weighted by Gasteiger charge is -2.19. The maximum absolute atomic E-state index is 13.0. The fraction of sp³-hybridized carbons (Fsp3) is 0.709. The Morgan fingerprint density at radius 3 is 0.755 bits per heavy atom. The summed E-state index contributed by atoms with van der Waals surface area (Å²) in [4.78, 5) is 193. The van der Waals surface area contributed by atoms with Gasteiger partial charge >= 0.3 is 36.3 Å². The number of carboxylic acids is 1. The number of guanidine groups is 4. The molecule has 8 amide bonds. The lowest BCUT2D eigenvalue weighted by molar-refractivity contribution is -0.122. The Labute approximate surface area is 860 Å². The molecular formula is C103H158N16O20S4. The number of ketones is 4. The first kappa shape index (κ1) is 117. The molecule has 0 aromatic heterocycles. The van der Waals surface area contributed by atoms with Gasteiger partial charge in [-0.05, 0) is 232 Å². The first-order valence-electron chi connectivity index (χ1n) is 51.5. The summed E-state index contributed by atoms with van der Waals surface area (Å²) in [5, 5.41) is 47.0. The van der Waals surface area contributed by atoms with Gasteiger partial charge in [-0.15, -0.1) is 0 Å². The van der Waals surface area contributed by atoms with Crippen molar-refractivity contribution in [2.45, 2.75) is 406 Å². The molecule has 0 radical (unpaired) electrons. The Bertz CT molecular complexity index is 4510. The van der Waals surface area contributed by atoms with E-state index in [0.717, 1.165) is 151 Å². The smallest absolute Gasteiger partial charge is 0.414 e. The molecule has 0 saturated carbocycles. The van der Waals surface area contributed by atoms with E-state index in [4.69, 9.17) is 43.7 Å². The fourth-order valence-corrected chi connectivity index (χ4v) is 24.2. The van der Waals surface area contributed by atoms with Crippen LogP contribution in [0.25, 0.3) is 0 Å². The van der Waals surface area contributed by atoms with Crippen molar-refractivity contribution >= 4 is 154 Å². The minimum atomic E-state index is -1.11. The Kier molecular flexibility index (Phi) is 47.9. The molecule has 40 heteroatoms. The van der Waals surface area contributed by atoms with Gasteiger partial charge in [0.2, 0.25) is 47.5 Å². The van der Waals surface area contributed by atoms with Crippen LogP contribution >= 0.6 is 47.0 Å². The Morgan fingerprint density at radius 1 is 0.315 bits per heavy atom. The number of benzene rings is 2. The number of amides is 8. The molecule has 0 bridgehead atoms. The number of carboxylic acid groups (broad SMARTS) is 1. The van der Waals surface area contributed by atoms with E-state index in [0.29, 0.717) is 176 Å². The van der Waals surface area contributed by atoms with E-state index in [1.54, 1.807) is 18.2 Å². The second-order valence-electron chi connectivity index (χ2n) is 42.2. The van der Waals surface area contributed by atoms with Gasteiger partial charge < -0.3 is 71.3 Å². The number of carbonyl (C=O) groups is 14. The van der Waals surface area contributed by atoms with Crippen molar-refractivity contribution in [3.8, 4) is 0 Å². The number of carbonyl (C=O) groups excluding carboxylic acids is 13. The van der Waals surface area contributed by atoms with Crippen molar-refractivity contribution in [1.29, 1.82) is 0 Å². The second-order valence-corrected chi connectivity index (χ2v) is 47.3. The molecule has 4 saturated heterocycles. The molecule has 10 rings (SSSR count). The number of aliphatic imine (C=N–C) groups is 4. The van der Waals surface area contributed by atoms with Gasteiger partial charge in [-0.2, -0.15) is 47.0 Å². The van der Waals surface area contributed by atoms with E-state index in [1.165, 1.54) is 19.2 Å². The average molecular weight is 2070 g/mol. The number of nitrogens with zero attached hydrogens (tertiary/aromatic N) is 4. The summed E-state index contributed by atoms with van der Waals surface area (Å²) in [5.41, 5.74) is 0.494. The van der Waals surface area contributed by atoms with Crippen LogP contribution in [0.15, 0.2) is 56.4 Å². The molecule has 8 heterocycles. The summed E-state index contributed by atoms with van der Waals surface area (Å²) >= 11 is 7.50. The largest absolute Gasteiger partial charge is 0.478 e. The zero-order chi connectivity index (χ0) is 104. The van der Waals surface area contributed by atoms with E-state index in [2.05, 4.69) is 63.8 Å². The third-order valence-corrected chi connectivity index (χ3v) is 30.8. The van der Waals surface area contributed by atoms with Crippen molar-refractivity contribution in [2.75, 3.05) is 56.3 Å². The van der Waals surface area contributed by atoms with Gasteiger partial charge in [-0.25, -0.2) is 48.7 Å². The number of ether oxygens (including phenoxy) is 5. The van der Waals surface area contributed by atoms with Crippen molar-refractivity contribution in [3.63, 3.8) is 0 Å². The van der Waals surface area contributed by atoms with Gasteiger partial charge in [-0.1, -0.05) is 63.5 Å². The van der Waals surface area contributed by atoms with Crippen LogP contribution in [0.5, 0.6) is 0 Å². The normalized spacial score (nSPS) is 21.1. The summed E-state index contributed by atoms with van der Waals surface area (Å²) in [7, 11) is 1.30. The molecule has 0 aliphatic carbocycles. The van der Waals surface area contributed by atoms with Crippen molar-refractivity contribution in [2.24, 2.45) is 20.0 Å². The van der Waals surface area contributed by atoms with E-state index < -0.39 is 58.7 Å². The number of nitrogens with one attached hydrogen (secondary N) is 12. The van der Waals surface area contributed by atoms with Gasteiger partial charge in [0.05, 0.1) is 66.6 Å². The molecule has 2 aromatic carbocycles. The van der Waals surface area contributed by atoms with Gasteiger partial charge in [0, 0.05) is 147 Å². The molecule has 8 aliphatic heterocycles. The van der Waals surface area contributed by atoms with Crippen LogP contribution < -0.4 is 63.8 Å². The van der Waals surface area contributed by atoms with E-state index in [1.807, 2.05) is 136 Å². The maximum atomic E-state index is 13.0. The molecule has 36 nitrogen and oxygen atoms in total. The van der Waals surface area contributed by atoms with E-state index >= 15 is 0 Å². The van der Waals surface area contributed by atoms with E-state index in [-0.39, 0.29) is 126 Å². The molecule has 8 aliphatic rings. The molecular weight excluding hydrogens is 1910 g/mol. The van der Waals surface area contributed by atoms with Gasteiger partial charge in [-0.3, -0.25) is 59.6 Å². The molecule has 13 N–H and O–H groups in total. The summed E-state index contributed by atoms with van der Waals surface area (Å²) in [6, 6.07) is 10.9. The monoisotopic (exact) mass is 2070 g/mol. The highest BCUT2D eigenvalue weighted by Gasteiger charge is 2.46. The summed E-state index contributed by atoms with van der Waals surface area (Å²) in [6.07, 6.45) is 20.9. The second kappa shape index (κ2) is 58.6. The Morgan fingerprint density at radius 2 is 0.538 bits per heavy atom. The Hall–Kier alpha value is -9.70. The average Bonchev–Trinajstić information content (AvgIpc) is 1.67. The van der Waals surface area contributed by atoms with Crippen LogP contribution in [0.1, 0.15) is 332 Å². The Balaban J connectivity index is 0.000000319. The van der Waals surface area contributed by atoms with Gasteiger partial charge in [0.1, 0.15) is 45.5 Å². The number of hydrogen-bond donors (Lipinski definition) is 13. The fourth-order valence-electron chi connectivity index (χ4n) is 18.1. The standard InChI is InChI=1S/C52H80N8O10S2.C51H78N8O10S2/c1-51(2,3)69-49(66)59-47-55-38-31-71-40(44(38)57-47)20-12-14-22-42(63)53-24-16-8-10-18-36(61)29-33-26-34(28-35(27-33)46(65)68-7)30-37(62)19-11-9-17-25-54-43(64)23-15-13-21-41-45-39(32-72-41)56-48(58-45)60-50(67)70-52(4,5)6;1-50(2,3)68-48(66)58-46-54-37-30-70-39(43(37)56-46)19-11-13-21-41(62)52-23-15-7-9-17-35(60)28-32-25-33(27-34(26-32)45(64)65)29-36(61)18-10-8-16-24-53-42(63)22-14-12-20-40-44-38(31-71-40)55-47(57-44)59-49(67)69-51(4,5)6/h26-28,38-41,44-45H,8-25,29-32H2,1-7H3,(H,53,63)(H,54,64)(H2,55,57,59,66)(H2,56,58,60,67);25-27,37-40,43-44H,7-24,28-31H2,1-6H3,(H,52,62)(H,53,63)(H,64,65)(H2,54,56,58,66)(H2,55,57,59,67). The summed E-state index contributed by atoms with van der Waals surface area (Å²) in [5.74, 6) is 3.95. The molecule has 4 fully saturated rings. The lowest BCUT2D eigenvalue weighted by atomic mass is 9.96. The van der Waals surface area contributed by atoms with Crippen molar-refractivity contribution in [1.82, 2.24) is 63.8 Å². The third-order valence-electron chi connectivity index (χ3n) is 24.8. The third kappa shape index (κ3) is 44.6. The van der Waals surface area contributed by atoms with E-state index in [9.17, 15) is 72.2 Å². The molecule has 12 atom stereocenters. The van der Waals surface area contributed by atoms with Gasteiger partial charge in [0.25, 0.3) is 0 Å². The molecule has 794 valence electrons. The van der Waals surface area contributed by atoms with Crippen LogP contribution in [0.4, 0.5) is 19.2 Å². The number of methoxy groups -OCH3 is 1. The van der Waals surface area contributed by atoms with Crippen molar-refractivity contribution < 1.29 is 95.9 Å². The number of thioether (sulfide) groups is 4. The predicted molar refractivity (Wildman–Crippen MR) is 561 cm³/mol. The number of rotatable bonds is 54. The van der Waals surface area contributed by atoms with Crippen LogP contribution in [-0.4, -0.2) is 260 Å². The number of alkyl carbamates (subject to hydrolysis) is 4. The zero-order valence-corrected chi connectivity index (χ0v) is 89.4. The minimum absolute atomic E-state index is 0.00806. The highest BCUT2D eigenvalue weighted by molar-refractivity contribution is 8.01. The number of esters is 1. The molecule has 143 heavy (non-hydrogen) atoms. The number of hydrogen-bond acceptors (Lipinski definition) is 31. The number of unbranched alkanes of at least 4 members (excludes halogenated alkanes) is 12. The van der Waals surface area contributed by atoms with Gasteiger partial charge in [0.15, 0.2) is 0 Å².